The van der Waals surface area contributed by atoms with Gasteiger partial charge in [-0.1, -0.05) is 26.5 Å². The van der Waals surface area contributed by atoms with Crippen LogP contribution in [-0.2, 0) is 4.79 Å². The van der Waals surface area contributed by atoms with Gasteiger partial charge in [0.05, 0.1) is 0 Å². The molecule has 26 heavy (non-hydrogen) atoms. The lowest BCUT2D eigenvalue weighted by atomic mass is 9.95. The number of allylic oxidation sites excluding steroid dienone is 2. The molecule has 2 aliphatic rings. The Bertz CT molecular complexity index is 586. The van der Waals surface area contributed by atoms with Crippen LogP contribution in [0.2, 0.25) is 0 Å². The van der Waals surface area contributed by atoms with Gasteiger partial charge in [-0.2, -0.15) is 0 Å². The minimum Gasteiger partial charge on any atom is -0.508 e. The van der Waals surface area contributed by atoms with E-state index in [4.69, 9.17) is 5.84 Å². The van der Waals surface area contributed by atoms with Crippen molar-refractivity contribution in [3.63, 3.8) is 0 Å². The van der Waals surface area contributed by atoms with E-state index in [1.807, 2.05) is 13.0 Å². The van der Waals surface area contributed by atoms with Gasteiger partial charge in [-0.15, -0.1) is 0 Å². The van der Waals surface area contributed by atoms with Crippen molar-refractivity contribution in [3.8, 4) is 0 Å². The quantitative estimate of drug-likeness (QED) is 0.309. The monoisotopic (exact) mass is 363 g/mol. The van der Waals surface area contributed by atoms with Gasteiger partial charge in [-0.25, -0.2) is 5.43 Å². The van der Waals surface area contributed by atoms with E-state index in [9.17, 15) is 9.90 Å². The van der Waals surface area contributed by atoms with Gasteiger partial charge in [0.1, 0.15) is 5.76 Å². The molecular weight excluding hydrogens is 330 g/mol. The fraction of sp³-hybridized carbons (Fsp3) is 0.632. The summed E-state index contributed by atoms with van der Waals surface area (Å²) in [6.07, 6.45) is 5.93. The van der Waals surface area contributed by atoms with Crippen LogP contribution < -0.4 is 16.6 Å². The minimum absolute atomic E-state index is 0.171. The minimum atomic E-state index is -0.701. The zero-order valence-electron chi connectivity index (χ0n) is 16.2. The van der Waals surface area contributed by atoms with E-state index in [0.717, 1.165) is 38.9 Å². The number of aliphatic hydroxyl groups excluding tert-OH is 1. The molecule has 0 saturated carbocycles. The Kier molecular flexibility index (Phi) is 7.40. The zero-order chi connectivity index (χ0) is 19.3. The second-order valence-electron chi connectivity index (χ2n) is 7.23. The summed E-state index contributed by atoms with van der Waals surface area (Å²) in [5.41, 5.74) is 3.65. The number of nitrogens with zero attached hydrogens (tertiary/aromatic N) is 2. The number of aliphatic hydroxyl groups is 1. The lowest BCUT2D eigenvalue weighted by molar-refractivity contribution is -0.131. The number of hydrogen-bond acceptors (Lipinski definition) is 6. The van der Waals surface area contributed by atoms with Crippen LogP contribution in [0.15, 0.2) is 35.8 Å². The molecule has 5 N–H and O–H groups in total. The average Bonchev–Trinajstić information content (AvgIpc) is 2.64. The molecule has 0 aromatic rings. The molecule has 1 saturated heterocycles. The molecule has 0 aromatic heterocycles. The molecule has 1 heterocycles. The third-order valence-electron chi connectivity index (χ3n) is 5.23. The molecular formula is C19H33N5O2. The van der Waals surface area contributed by atoms with Crippen LogP contribution in [0.25, 0.3) is 0 Å². The van der Waals surface area contributed by atoms with Crippen molar-refractivity contribution in [1.29, 1.82) is 0 Å². The summed E-state index contributed by atoms with van der Waals surface area (Å²) in [4.78, 5) is 16.7. The highest BCUT2D eigenvalue weighted by Crippen LogP contribution is 2.27. The maximum Gasteiger partial charge on any atom is 0.259 e. The summed E-state index contributed by atoms with van der Waals surface area (Å²) in [6, 6.07) is 0.207. The summed E-state index contributed by atoms with van der Waals surface area (Å²) in [6.45, 7) is 11.2. The van der Waals surface area contributed by atoms with E-state index < -0.39 is 6.17 Å². The van der Waals surface area contributed by atoms with Gasteiger partial charge in [0, 0.05) is 30.9 Å². The van der Waals surface area contributed by atoms with E-state index in [1.54, 1.807) is 13.1 Å². The predicted molar refractivity (Wildman–Crippen MR) is 104 cm³/mol. The molecule has 7 nitrogen and oxygen atoms in total. The van der Waals surface area contributed by atoms with Crippen LogP contribution in [0.1, 0.15) is 33.1 Å². The number of likely N-dealkylation sites (tertiary alicyclic amines) is 1. The smallest absolute Gasteiger partial charge is 0.259 e. The summed E-state index contributed by atoms with van der Waals surface area (Å²) in [5.74, 6) is 5.87. The first kappa shape index (κ1) is 20.6. The van der Waals surface area contributed by atoms with Crippen molar-refractivity contribution in [1.82, 2.24) is 20.5 Å². The standard InChI is InChI=1S/C19H33N5O2/c1-5-24-10-6-7-15(12-24)21-18(22-20)19(26)23(4)14(3)16-9-8-13(2)11-17(16)25/h9,11,13,15,18,21-22,25H,3,5-8,10,12,20H2,1-2,4H3/t13?,15-,18?/m1/s1. The number of piperidine rings is 1. The molecule has 0 bridgehead atoms. The largest absolute Gasteiger partial charge is 0.508 e. The Morgan fingerprint density at radius 2 is 2.31 bits per heavy atom. The van der Waals surface area contributed by atoms with Gasteiger partial charge >= 0.3 is 0 Å². The molecule has 2 unspecified atom stereocenters. The van der Waals surface area contributed by atoms with E-state index in [0.29, 0.717) is 11.3 Å². The maximum absolute atomic E-state index is 12.9. The van der Waals surface area contributed by atoms with Crippen LogP contribution in [0, 0.1) is 5.92 Å². The molecule has 0 radical (unpaired) electrons. The van der Waals surface area contributed by atoms with E-state index in [1.165, 1.54) is 4.90 Å². The van der Waals surface area contributed by atoms with Crippen LogP contribution in [0.4, 0.5) is 0 Å². The molecule has 1 fully saturated rings. The van der Waals surface area contributed by atoms with Gasteiger partial charge in [0.2, 0.25) is 0 Å². The molecule has 1 amide bonds. The van der Waals surface area contributed by atoms with Crippen molar-refractivity contribution >= 4 is 5.91 Å². The van der Waals surface area contributed by atoms with Crippen molar-refractivity contribution in [2.24, 2.45) is 11.8 Å². The van der Waals surface area contributed by atoms with Gasteiger partial charge in [0.25, 0.3) is 5.91 Å². The summed E-state index contributed by atoms with van der Waals surface area (Å²) < 4.78 is 0. The average molecular weight is 364 g/mol. The SMILES string of the molecule is C=C(C1=CCC(C)C=C1O)N(C)C(=O)C(NN)N[C@@H]1CCCN(CC)C1. The van der Waals surface area contributed by atoms with Gasteiger partial charge < -0.3 is 14.9 Å². The fourth-order valence-electron chi connectivity index (χ4n) is 3.51. The Balaban J connectivity index is 2.00. The molecule has 1 aliphatic heterocycles. The van der Waals surface area contributed by atoms with Crippen molar-refractivity contribution in [3.05, 3.63) is 35.8 Å². The maximum atomic E-state index is 12.9. The number of carbonyl (C=O) groups excluding carboxylic acids is 1. The topological polar surface area (TPSA) is 93.9 Å². The third-order valence-corrected chi connectivity index (χ3v) is 5.23. The summed E-state index contributed by atoms with van der Waals surface area (Å²) in [7, 11) is 1.65. The predicted octanol–water partition coefficient (Wildman–Crippen LogP) is 1.23. The number of carbonyl (C=O) groups is 1. The first-order chi connectivity index (χ1) is 12.4. The number of amides is 1. The number of hydrazine groups is 1. The molecule has 3 atom stereocenters. The van der Waals surface area contributed by atoms with Gasteiger partial charge in [-0.05, 0) is 44.3 Å². The molecule has 1 aliphatic carbocycles. The van der Waals surface area contributed by atoms with E-state index >= 15 is 0 Å². The highest BCUT2D eigenvalue weighted by atomic mass is 16.3. The van der Waals surface area contributed by atoms with Crippen LogP contribution in [-0.4, -0.2) is 59.7 Å². The molecule has 0 aromatic carbocycles. The normalized spacial score (nSPS) is 25.2. The van der Waals surface area contributed by atoms with E-state index in [-0.39, 0.29) is 23.6 Å². The first-order valence-corrected chi connectivity index (χ1v) is 9.40. The Morgan fingerprint density at radius 1 is 1.58 bits per heavy atom. The second-order valence-corrected chi connectivity index (χ2v) is 7.23. The third kappa shape index (κ3) is 4.94. The number of rotatable bonds is 7. The van der Waals surface area contributed by atoms with Gasteiger partial charge in [-0.3, -0.25) is 16.0 Å². The summed E-state index contributed by atoms with van der Waals surface area (Å²) in [5, 5.41) is 13.5. The first-order valence-electron chi connectivity index (χ1n) is 9.40. The van der Waals surface area contributed by atoms with Crippen LogP contribution in [0.5, 0.6) is 0 Å². The molecule has 146 valence electrons. The number of hydrogen-bond donors (Lipinski definition) is 4. The highest BCUT2D eigenvalue weighted by Gasteiger charge is 2.29. The van der Waals surface area contributed by atoms with Crippen LogP contribution in [0.3, 0.4) is 0 Å². The molecule has 0 spiro atoms. The number of likely N-dealkylation sites (N-methyl/N-ethyl adjacent to an activating group) is 2. The lowest BCUT2D eigenvalue weighted by Gasteiger charge is -2.35. The zero-order valence-corrected chi connectivity index (χ0v) is 16.2. The lowest BCUT2D eigenvalue weighted by Crippen LogP contribution is -2.60. The number of nitrogens with one attached hydrogen (secondary N) is 2. The van der Waals surface area contributed by atoms with Crippen LogP contribution >= 0.6 is 0 Å². The van der Waals surface area contributed by atoms with Crippen molar-refractivity contribution in [2.75, 3.05) is 26.7 Å². The number of nitrogens with two attached hydrogens (primary N) is 1. The van der Waals surface area contributed by atoms with Gasteiger partial charge in [0.15, 0.2) is 6.17 Å². The Hall–Kier alpha value is -1.67. The Morgan fingerprint density at radius 3 is 2.92 bits per heavy atom. The molecule has 7 heteroatoms. The van der Waals surface area contributed by atoms with E-state index in [2.05, 4.69) is 29.1 Å². The Labute approximate surface area is 156 Å². The summed E-state index contributed by atoms with van der Waals surface area (Å²) >= 11 is 0. The fourth-order valence-corrected chi connectivity index (χ4v) is 3.51. The molecule has 2 rings (SSSR count). The highest BCUT2D eigenvalue weighted by molar-refractivity contribution is 5.83. The second kappa shape index (κ2) is 9.32. The van der Waals surface area contributed by atoms with Crippen molar-refractivity contribution < 1.29 is 9.90 Å². The van der Waals surface area contributed by atoms with Crippen molar-refractivity contribution in [2.45, 2.75) is 45.3 Å².